The van der Waals surface area contributed by atoms with Gasteiger partial charge in [0.05, 0.1) is 30.2 Å². The van der Waals surface area contributed by atoms with Crippen LogP contribution in [0.25, 0.3) is 10.6 Å². The number of carbonyl (C=O) groups is 1. The molecular weight excluding hydrogens is 470 g/mol. The third kappa shape index (κ3) is 5.83. The van der Waals surface area contributed by atoms with Crippen LogP contribution < -0.4 is 15.0 Å². The Morgan fingerprint density at radius 3 is 2.68 bits per heavy atom. The van der Waals surface area contributed by atoms with Crippen molar-refractivity contribution >= 4 is 35.3 Å². The fraction of sp³-hybridized carbons (Fsp3) is 0.560. The van der Waals surface area contributed by atoms with Crippen LogP contribution in [0.4, 0.5) is 5.69 Å². The lowest BCUT2D eigenvalue weighted by molar-refractivity contribution is 0.0920. The summed E-state index contributed by atoms with van der Waals surface area (Å²) in [6.07, 6.45) is 3.48. The first-order valence-corrected chi connectivity index (χ1v) is 12.7. The summed E-state index contributed by atoms with van der Waals surface area (Å²) in [4.78, 5) is 22.7. The molecule has 7 nitrogen and oxygen atoms in total. The van der Waals surface area contributed by atoms with Crippen molar-refractivity contribution in [3.05, 3.63) is 28.3 Å². The molecule has 34 heavy (non-hydrogen) atoms. The van der Waals surface area contributed by atoms with Crippen LogP contribution >= 0.6 is 23.7 Å². The molecule has 0 bridgehead atoms. The van der Waals surface area contributed by atoms with Gasteiger partial charge in [0.15, 0.2) is 0 Å². The summed E-state index contributed by atoms with van der Waals surface area (Å²) < 4.78 is 5.95. The fourth-order valence-corrected chi connectivity index (χ4v) is 5.52. The van der Waals surface area contributed by atoms with E-state index in [1.807, 2.05) is 26.0 Å². The average molecular weight is 506 g/mol. The Morgan fingerprint density at radius 2 is 2.06 bits per heavy atom. The van der Waals surface area contributed by atoms with Crippen molar-refractivity contribution in [2.24, 2.45) is 0 Å². The molecule has 1 aromatic carbocycles. The number of amides is 1. The van der Waals surface area contributed by atoms with Gasteiger partial charge in [0, 0.05) is 25.7 Å². The zero-order chi connectivity index (χ0) is 24.0. The standard InChI is InChI=1S/C25H35N5O2S.ClH/c1-6-18-11-10-14-30(18)16-27-24(31)23-17(5)28-25(33-23)19-12-13-21(29(7-2)8-3)20(15-26)22(19)32-9-4;/h12-13,18H,6-11,14,16H2,1-5H3,(H,27,31);1H. The molecule has 2 heterocycles. The Kier molecular flexibility index (Phi) is 10.6. The number of rotatable bonds is 10. The molecule has 0 saturated carbocycles. The molecule has 1 unspecified atom stereocenters. The van der Waals surface area contributed by atoms with Crippen molar-refractivity contribution in [2.45, 2.75) is 59.9 Å². The molecule has 1 aliphatic rings. The van der Waals surface area contributed by atoms with E-state index < -0.39 is 0 Å². The van der Waals surface area contributed by atoms with Gasteiger partial charge in [-0.05, 0) is 59.1 Å². The van der Waals surface area contributed by atoms with E-state index in [0.29, 0.717) is 46.2 Å². The van der Waals surface area contributed by atoms with Gasteiger partial charge in [0.25, 0.3) is 5.91 Å². The highest BCUT2D eigenvalue weighted by Gasteiger charge is 2.25. The number of ether oxygens (including phenoxy) is 1. The Balaban J connectivity index is 0.00000408. The lowest BCUT2D eigenvalue weighted by Gasteiger charge is -2.24. The minimum Gasteiger partial charge on any atom is -0.492 e. The van der Waals surface area contributed by atoms with E-state index >= 15 is 0 Å². The van der Waals surface area contributed by atoms with Crippen molar-refractivity contribution in [1.29, 1.82) is 5.26 Å². The van der Waals surface area contributed by atoms with Crippen LogP contribution in [-0.4, -0.2) is 54.7 Å². The van der Waals surface area contributed by atoms with E-state index in [4.69, 9.17) is 4.74 Å². The van der Waals surface area contributed by atoms with Crippen LogP contribution in [0.5, 0.6) is 5.75 Å². The number of likely N-dealkylation sites (tertiary alicyclic amines) is 1. The van der Waals surface area contributed by atoms with Crippen molar-refractivity contribution < 1.29 is 9.53 Å². The third-order valence-electron chi connectivity index (χ3n) is 6.29. The number of hydrogen-bond donors (Lipinski definition) is 1. The van der Waals surface area contributed by atoms with Gasteiger partial charge in [0.1, 0.15) is 27.3 Å². The van der Waals surface area contributed by atoms with Crippen molar-refractivity contribution in [1.82, 2.24) is 15.2 Å². The molecule has 1 aromatic heterocycles. The van der Waals surface area contributed by atoms with Gasteiger partial charge in [-0.25, -0.2) is 4.98 Å². The Hall–Kier alpha value is -2.34. The molecule has 1 amide bonds. The Morgan fingerprint density at radius 1 is 1.32 bits per heavy atom. The van der Waals surface area contributed by atoms with Gasteiger partial charge < -0.3 is 15.0 Å². The van der Waals surface area contributed by atoms with Gasteiger partial charge in [-0.2, -0.15) is 5.26 Å². The van der Waals surface area contributed by atoms with Crippen LogP contribution in [0, 0.1) is 18.3 Å². The maximum Gasteiger partial charge on any atom is 0.264 e. The summed E-state index contributed by atoms with van der Waals surface area (Å²) in [6.45, 7) is 13.7. The van der Waals surface area contributed by atoms with Crippen LogP contribution in [0.2, 0.25) is 0 Å². The summed E-state index contributed by atoms with van der Waals surface area (Å²) in [7, 11) is 0. The summed E-state index contributed by atoms with van der Waals surface area (Å²) >= 11 is 1.35. The molecule has 0 spiro atoms. The summed E-state index contributed by atoms with van der Waals surface area (Å²) in [5.41, 5.74) is 2.81. The van der Waals surface area contributed by atoms with Gasteiger partial charge in [-0.1, -0.05) is 6.92 Å². The SMILES string of the molecule is CCOc1c(-c2nc(C)c(C(=O)NCN3CCCC3CC)s2)ccc(N(CC)CC)c1C#N.Cl. The number of carbonyl (C=O) groups excluding carboxylic acids is 1. The Bertz CT molecular complexity index is 1020. The molecule has 9 heteroatoms. The van der Waals surface area contributed by atoms with Gasteiger partial charge in [-0.3, -0.25) is 9.69 Å². The lowest BCUT2D eigenvalue weighted by Crippen LogP contribution is -2.40. The largest absolute Gasteiger partial charge is 0.492 e. The quantitative estimate of drug-likeness (QED) is 0.476. The van der Waals surface area contributed by atoms with Gasteiger partial charge >= 0.3 is 0 Å². The smallest absolute Gasteiger partial charge is 0.264 e. The maximum atomic E-state index is 13.0. The summed E-state index contributed by atoms with van der Waals surface area (Å²) in [6, 6.07) is 6.80. The number of benzene rings is 1. The van der Waals surface area contributed by atoms with Crippen molar-refractivity contribution in [2.75, 3.05) is 37.8 Å². The van der Waals surface area contributed by atoms with E-state index in [9.17, 15) is 10.1 Å². The van der Waals surface area contributed by atoms with Gasteiger partial charge in [-0.15, -0.1) is 23.7 Å². The zero-order valence-electron chi connectivity index (χ0n) is 20.8. The molecule has 3 rings (SSSR count). The molecule has 1 saturated heterocycles. The second-order valence-electron chi connectivity index (χ2n) is 8.17. The first kappa shape index (κ1) is 27.9. The number of nitriles is 1. The Labute approximate surface area is 213 Å². The first-order chi connectivity index (χ1) is 16.0. The highest BCUT2D eigenvalue weighted by Crippen LogP contribution is 2.40. The lowest BCUT2D eigenvalue weighted by atomic mass is 10.1. The zero-order valence-corrected chi connectivity index (χ0v) is 22.4. The van der Waals surface area contributed by atoms with Crippen LogP contribution in [-0.2, 0) is 0 Å². The minimum atomic E-state index is -0.101. The molecule has 1 fully saturated rings. The van der Waals surface area contributed by atoms with Crippen molar-refractivity contribution in [3.8, 4) is 22.4 Å². The number of thiazole rings is 1. The molecule has 0 radical (unpaired) electrons. The molecule has 1 aliphatic heterocycles. The number of aryl methyl sites for hydroxylation is 1. The van der Waals surface area contributed by atoms with E-state index in [-0.39, 0.29) is 18.3 Å². The monoisotopic (exact) mass is 505 g/mol. The maximum absolute atomic E-state index is 13.0. The first-order valence-electron chi connectivity index (χ1n) is 11.9. The number of nitrogens with one attached hydrogen (secondary N) is 1. The van der Waals surface area contributed by atoms with Crippen LogP contribution in [0.1, 0.15) is 67.9 Å². The molecule has 1 atom stereocenters. The molecular formula is C25H36ClN5O2S. The fourth-order valence-electron chi connectivity index (χ4n) is 4.51. The number of hydrogen-bond acceptors (Lipinski definition) is 7. The average Bonchev–Trinajstić information content (AvgIpc) is 3.44. The highest BCUT2D eigenvalue weighted by molar-refractivity contribution is 7.17. The summed E-state index contributed by atoms with van der Waals surface area (Å²) in [5, 5.41) is 13.7. The predicted octanol–water partition coefficient (Wildman–Crippen LogP) is 5.22. The second kappa shape index (κ2) is 12.9. The number of nitrogens with zero attached hydrogens (tertiary/aromatic N) is 4. The van der Waals surface area contributed by atoms with E-state index in [1.165, 1.54) is 24.2 Å². The molecule has 0 aliphatic carbocycles. The van der Waals surface area contributed by atoms with E-state index in [2.05, 4.69) is 46.9 Å². The number of anilines is 1. The topological polar surface area (TPSA) is 81.5 Å². The molecule has 2 aromatic rings. The van der Waals surface area contributed by atoms with Crippen LogP contribution in [0.15, 0.2) is 12.1 Å². The van der Waals surface area contributed by atoms with E-state index in [1.54, 1.807) is 0 Å². The predicted molar refractivity (Wildman–Crippen MR) is 141 cm³/mol. The number of aromatic nitrogens is 1. The molecule has 186 valence electrons. The van der Waals surface area contributed by atoms with Crippen molar-refractivity contribution in [3.63, 3.8) is 0 Å². The third-order valence-corrected chi connectivity index (χ3v) is 7.48. The number of halogens is 1. The summed E-state index contributed by atoms with van der Waals surface area (Å²) in [5.74, 6) is 0.434. The van der Waals surface area contributed by atoms with Crippen LogP contribution in [0.3, 0.4) is 0 Å². The minimum absolute atomic E-state index is 0. The van der Waals surface area contributed by atoms with Gasteiger partial charge in [0.2, 0.25) is 0 Å². The second-order valence-corrected chi connectivity index (χ2v) is 9.17. The highest BCUT2D eigenvalue weighted by atomic mass is 35.5. The molecule has 1 N–H and O–H groups in total. The van der Waals surface area contributed by atoms with E-state index in [0.717, 1.165) is 37.3 Å². The normalized spacial score (nSPS) is 15.5.